The zero-order valence-corrected chi connectivity index (χ0v) is 11.0. The van der Waals surface area contributed by atoms with Crippen molar-refractivity contribution in [2.75, 3.05) is 13.2 Å². The van der Waals surface area contributed by atoms with Gasteiger partial charge < -0.3 is 10.5 Å². The minimum atomic E-state index is -0.624. The molecule has 6 heteroatoms. The Bertz CT molecular complexity index is 442. The number of allylic oxidation sites excluding steroid dienone is 1. The summed E-state index contributed by atoms with van der Waals surface area (Å²) < 4.78 is 4.93. The molecule has 0 aromatic heterocycles. The third kappa shape index (κ3) is 3.67. The molecular formula is C13H18N2O4. The van der Waals surface area contributed by atoms with Crippen LogP contribution in [-0.4, -0.2) is 35.8 Å². The molecule has 19 heavy (non-hydrogen) atoms. The van der Waals surface area contributed by atoms with Gasteiger partial charge in [0.2, 0.25) is 0 Å². The molecule has 0 radical (unpaired) electrons. The number of esters is 1. The highest BCUT2D eigenvalue weighted by Gasteiger charge is 2.32. The summed E-state index contributed by atoms with van der Waals surface area (Å²) in [6.45, 7) is 9.06. The van der Waals surface area contributed by atoms with Gasteiger partial charge in [0.25, 0.3) is 0 Å². The number of hydrogen-bond acceptors (Lipinski definition) is 4. The van der Waals surface area contributed by atoms with E-state index in [9.17, 15) is 14.4 Å². The van der Waals surface area contributed by atoms with Crippen LogP contribution in [0.1, 0.15) is 19.8 Å². The first-order valence-corrected chi connectivity index (χ1v) is 5.95. The molecule has 0 aromatic rings. The topological polar surface area (TPSA) is 89.7 Å². The Kier molecular flexibility index (Phi) is 4.86. The van der Waals surface area contributed by atoms with Gasteiger partial charge in [0.1, 0.15) is 5.78 Å². The average molecular weight is 266 g/mol. The van der Waals surface area contributed by atoms with Crippen LogP contribution in [0.4, 0.5) is 4.79 Å². The summed E-state index contributed by atoms with van der Waals surface area (Å²) in [6, 6.07) is -0.624. The van der Waals surface area contributed by atoms with Gasteiger partial charge in [-0.3, -0.25) is 9.69 Å². The molecule has 0 spiro atoms. The smallest absolute Gasteiger partial charge is 0.333 e. The number of amides is 2. The molecule has 1 aliphatic rings. The number of ether oxygens (including phenoxy) is 1. The van der Waals surface area contributed by atoms with Crippen molar-refractivity contribution >= 4 is 17.8 Å². The number of carbonyl (C=O) groups is 3. The summed E-state index contributed by atoms with van der Waals surface area (Å²) in [5, 5.41) is 0. The fourth-order valence-electron chi connectivity index (χ4n) is 1.89. The van der Waals surface area contributed by atoms with E-state index in [0.717, 1.165) is 0 Å². The molecular weight excluding hydrogens is 248 g/mol. The lowest BCUT2D eigenvalue weighted by molar-refractivity contribution is -0.140. The molecule has 104 valence electrons. The molecule has 2 N–H and O–H groups in total. The SMILES string of the molecule is C=C(C)C(=O)OCCC1C(=C)N(C(N)=O)CCC1=O. The van der Waals surface area contributed by atoms with Crippen LogP contribution in [0.25, 0.3) is 0 Å². The Labute approximate surface area is 111 Å². The third-order valence-electron chi connectivity index (χ3n) is 2.97. The fourth-order valence-corrected chi connectivity index (χ4v) is 1.89. The Morgan fingerprint density at radius 2 is 2.16 bits per heavy atom. The van der Waals surface area contributed by atoms with Crippen molar-refractivity contribution in [3.8, 4) is 0 Å². The predicted molar refractivity (Wildman–Crippen MR) is 68.9 cm³/mol. The lowest BCUT2D eigenvalue weighted by atomic mass is 9.90. The molecule has 1 aliphatic heterocycles. The van der Waals surface area contributed by atoms with Crippen molar-refractivity contribution in [2.24, 2.45) is 11.7 Å². The summed E-state index contributed by atoms with van der Waals surface area (Å²) in [5.74, 6) is -1.05. The van der Waals surface area contributed by atoms with Crippen LogP contribution in [0.3, 0.4) is 0 Å². The maximum atomic E-state index is 11.8. The number of likely N-dealkylation sites (tertiary alicyclic amines) is 1. The van der Waals surface area contributed by atoms with Gasteiger partial charge in [-0.15, -0.1) is 0 Å². The molecule has 0 bridgehead atoms. The highest BCUT2D eigenvalue weighted by atomic mass is 16.5. The van der Waals surface area contributed by atoms with Crippen LogP contribution in [0, 0.1) is 5.92 Å². The largest absolute Gasteiger partial charge is 0.462 e. The van der Waals surface area contributed by atoms with Gasteiger partial charge in [0.05, 0.1) is 12.5 Å². The van der Waals surface area contributed by atoms with E-state index in [0.29, 0.717) is 17.7 Å². The minimum absolute atomic E-state index is 0.0196. The van der Waals surface area contributed by atoms with E-state index in [-0.39, 0.29) is 25.4 Å². The number of Topliss-reactive ketones (excluding diaryl/α,β-unsaturated/α-hetero) is 1. The van der Waals surface area contributed by atoms with Crippen LogP contribution < -0.4 is 5.73 Å². The van der Waals surface area contributed by atoms with Gasteiger partial charge in [-0.2, -0.15) is 0 Å². The molecule has 1 fully saturated rings. The summed E-state index contributed by atoms with van der Waals surface area (Å²) in [6.07, 6.45) is 0.529. The number of nitrogens with two attached hydrogens (primary N) is 1. The molecule has 1 saturated heterocycles. The van der Waals surface area contributed by atoms with Gasteiger partial charge in [-0.1, -0.05) is 13.2 Å². The van der Waals surface area contributed by atoms with Gasteiger partial charge in [0.15, 0.2) is 0 Å². The van der Waals surface area contributed by atoms with Crippen LogP contribution in [0.5, 0.6) is 0 Å². The van der Waals surface area contributed by atoms with Crippen molar-refractivity contribution < 1.29 is 19.1 Å². The van der Waals surface area contributed by atoms with Gasteiger partial charge >= 0.3 is 12.0 Å². The standard InChI is InChI=1S/C13H18N2O4/c1-8(2)12(17)19-7-5-10-9(3)15(13(14)18)6-4-11(10)16/h10H,1,3-7H2,2H3,(H2,14,18). The number of rotatable bonds is 4. The van der Waals surface area contributed by atoms with E-state index in [4.69, 9.17) is 10.5 Å². The van der Waals surface area contributed by atoms with Crippen LogP contribution in [0.15, 0.2) is 24.4 Å². The summed E-state index contributed by atoms with van der Waals surface area (Å²) in [7, 11) is 0. The maximum absolute atomic E-state index is 11.8. The van der Waals surface area contributed by atoms with E-state index in [1.165, 1.54) is 4.90 Å². The molecule has 0 aromatic carbocycles. The van der Waals surface area contributed by atoms with Gasteiger partial charge in [-0.25, -0.2) is 9.59 Å². The quantitative estimate of drug-likeness (QED) is 0.606. The summed E-state index contributed by atoms with van der Waals surface area (Å²) in [5.41, 5.74) is 5.87. The predicted octanol–water partition coefficient (Wildman–Crippen LogP) is 0.979. The second-order valence-corrected chi connectivity index (χ2v) is 4.46. The highest BCUT2D eigenvalue weighted by Crippen LogP contribution is 2.25. The van der Waals surface area contributed by atoms with E-state index in [1.807, 2.05) is 0 Å². The molecule has 0 saturated carbocycles. The zero-order chi connectivity index (χ0) is 14.6. The Hall–Kier alpha value is -2.11. The van der Waals surface area contributed by atoms with Crippen LogP contribution in [-0.2, 0) is 14.3 Å². The van der Waals surface area contributed by atoms with Crippen molar-refractivity contribution in [1.29, 1.82) is 0 Å². The Morgan fingerprint density at radius 3 is 2.68 bits per heavy atom. The first kappa shape index (κ1) is 14.9. The van der Waals surface area contributed by atoms with Gasteiger partial charge in [-0.05, 0) is 13.3 Å². The second kappa shape index (κ2) is 6.17. The Morgan fingerprint density at radius 1 is 1.53 bits per heavy atom. The second-order valence-electron chi connectivity index (χ2n) is 4.46. The zero-order valence-electron chi connectivity index (χ0n) is 11.0. The van der Waals surface area contributed by atoms with E-state index in [2.05, 4.69) is 13.2 Å². The molecule has 1 rings (SSSR count). The number of hydrogen-bond donors (Lipinski definition) is 1. The lowest BCUT2D eigenvalue weighted by Gasteiger charge is -2.32. The molecule has 6 nitrogen and oxygen atoms in total. The van der Waals surface area contributed by atoms with Crippen molar-refractivity contribution in [3.05, 3.63) is 24.4 Å². The third-order valence-corrected chi connectivity index (χ3v) is 2.97. The average Bonchev–Trinajstić information content (AvgIpc) is 2.32. The molecule has 0 aliphatic carbocycles. The Balaban J connectivity index is 2.57. The minimum Gasteiger partial charge on any atom is -0.462 e. The van der Waals surface area contributed by atoms with Crippen LogP contribution in [0.2, 0.25) is 0 Å². The fraction of sp³-hybridized carbons (Fsp3) is 0.462. The number of piperidine rings is 1. The maximum Gasteiger partial charge on any atom is 0.333 e. The van der Waals surface area contributed by atoms with Crippen LogP contribution >= 0.6 is 0 Å². The number of nitrogens with zero attached hydrogens (tertiary/aromatic N) is 1. The number of ketones is 1. The molecule has 1 atom stereocenters. The van der Waals surface area contributed by atoms with E-state index >= 15 is 0 Å². The lowest BCUT2D eigenvalue weighted by Crippen LogP contribution is -2.44. The number of primary amides is 1. The van der Waals surface area contributed by atoms with E-state index < -0.39 is 17.9 Å². The molecule has 2 amide bonds. The first-order valence-electron chi connectivity index (χ1n) is 5.95. The van der Waals surface area contributed by atoms with Crippen molar-refractivity contribution in [2.45, 2.75) is 19.8 Å². The van der Waals surface area contributed by atoms with E-state index in [1.54, 1.807) is 6.92 Å². The summed E-state index contributed by atoms with van der Waals surface area (Å²) in [4.78, 5) is 35.4. The normalized spacial score (nSPS) is 19.2. The summed E-state index contributed by atoms with van der Waals surface area (Å²) >= 11 is 0. The molecule has 1 unspecified atom stereocenters. The highest BCUT2D eigenvalue weighted by molar-refractivity contribution is 5.88. The number of urea groups is 1. The van der Waals surface area contributed by atoms with Gasteiger partial charge in [0, 0.05) is 24.2 Å². The monoisotopic (exact) mass is 266 g/mol. The van der Waals surface area contributed by atoms with Crippen molar-refractivity contribution in [1.82, 2.24) is 4.90 Å². The molecule has 1 heterocycles. The van der Waals surface area contributed by atoms with Crippen molar-refractivity contribution in [3.63, 3.8) is 0 Å². The first-order chi connectivity index (χ1) is 8.84. The number of carbonyl (C=O) groups excluding carboxylic acids is 3.